The molecular formula is C21H18ClN5O2. The summed E-state index contributed by atoms with van der Waals surface area (Å²) in [7, 11) is 0. The summed E-state index contributed by atoms with van der Waals surface area (Å²) in [6, 6.07) is 16.3. The number of hydrogen-bond acceptors (Lipinski definition) is 4. The number of carbonyl (C=O) groups excluding carboxylic acids is 1. The van der Waals surface area contributed by atoms with Crippen LogP contribution in [-0.4, -0.2) is 31.8 Å². The maximum atomic E-state index is 12.8. The van der Waals surface area contributed by atoms with E-state index in [-0.39, 0.29) is 11.5 Å². The van der Waals surface area contributed by atoms with Gasteiger partial charge in [-0.2, -0.15) is 5.10 Å². The molecule has 1 N–H and O–H groups in total. The van der Waals surface area contributed by atoms with E-state index in [2.05, 4.69) is 15.4 Å². The number of fused-ring (bicyclic) bond motifs is 1. The Kier molecular flexibility index (Phi) is 5.39. The Labute approximate surface area is 171 Å². The first-order chi connectivity index (χ1) is 14.1. The topological polar surface area (TPSA) is 81.8 Å². The second-order valence-corrected chi connectivity index (χ2v) is 6.97. The van der Waals surface area contributed by atoms with Crippen molar-refractivity contribution in [2.45, 2.75) is 13.1 Å². The third kappa shape index (κ3) is 4.20. The third-order valence-corrected chi connectivity index (χ3v) is 4.74. The van der Waals surface area contributed by atoms with E-state index >= 15 is 0 Å². The summed E-state index contributed by atoms with van der Waals surface area (Å²) in [6.45, 7) is 1.16. The van der Waals surface area contributed by atoms with Gasteiger partial charge in [0, 0.05) is 17.1 Å². The zero-order chi connectivity index (χ0) is 20.2. The van der Waals surface area contributed by atoms with Gasteiger partial charge in [-0.1, -0.05) is 41.9 Å². The molecule has 7 nitrogen and oxygen atoms in total. The van der Waals surface area contributed by atoms with Crippen LogP contribution in [0.2, 0.25) is 5.02 Å². The Balaban J connectivity index is 1.47. The standard InChI is InChI=1S/C21H18ClN5O2/c22-17-8-4-5-15(11-17)13-26-14-24-19-18(21(26)29)12-25-27(19)10-9-23-20(28)16-6-2-1-3-7-16/h1-8,11-12,14H,9-10,13H2,(H,23,28). The van der Waals surface area contributed by atoms with Gasteiger partial charge in [0.25, 0.3) is 11.5 Å². The lowest BCUT2D eigenvalue weighted by atomic mass is 10.2. The van der Waals surface area contributed by atoms with E-state index in [1.165, 1.54) is 17.1 Å². The maximum absolute atomic E-state index is 12.8. The van der Waals surface area contributed by atoms with Crippen LogP contribution in [-0.2, 0) is 13.1 Å². The van der Waals surface area contributed by atoms with Gasteiger partial charge in [-0.05, 0) is 29.8 Å². The fourth-order valence-corrected chi connectivity index (χ4v) is 3.29. The lowest BCUT2D eigenvalue weighted by molar-refractivity contribution is 0.0952. The van der Waals surface area contributed by atoms with E-state index in [4.69, 9.17) is 11.6 Å². The summed E-state index contributed by atoms with van der Waals surface area (Å²) in [5.74, 6) is -0.154. The van der Waals surface area contributed by atoms with Crippen LogP contribution in [0.25, 0.3) is 11.0 Å². The molecular weight excluding hydrogens is 390 g/mol. The molecule has 0 unspecified atom stereocenters. The van der Waals surface area contributed by atoms with Crippen molar-refractivity contribution in [2.75, 3.05) is 6.54 Å². The van der Waals surface area contributed by atoms with Gasteiger partial charge in [0.2, 0.25) is 0 Å². The second-order valence-electron chi connectivity index (χ2n) is 6.53. The second kappa shape index (κ2) is 8.28. The number of nitrogens with zero attached hydrogens (tertiary/aromatic N) is 4. The van der Waals surface area contributed by atoms with E-state index in [1.807, 2.05) is 36.4 Å². The molecule has 2 aromatic carbocycles. The predicted molar refractivity (Wildman–Crippen MR) is 111 cm³/mol. The van der Waals surface area contributed by atoms with Crippen LogP contribution in [0.1, 0.15) is 15.9 Å². The summed E-state index contributed by atoms with van der Waals surface area (Å²) in [5.41, 5.74) is 1.83. The number of halogens is 1. The van der Waals surface area contributed by atoms with Crippen molar-refractivity contribution >= 4 is 28.5 Å². The van der Waals surface area contributed by atoms with Crippen LogP contribution in [0.3, 0.4) is 0 Å². The van der Waals surface area contributed by atoms with Crippen molar-refractivity contribution in [2.24, 2.45) is 0 Å². The number of rotatable bonds is 6. The number of benzene rings is 2. The lowest BCUT2D eigenvalue weighted by Crippen LogP contribution is -2.27. The molecule has 4 rings (SSSR count). The van der Waals surface area contributed by atoms with E-state index in [9.17, 15) is 9.59 Å². The van der Waals surface area contributed by atoms with Crippen LogP contribution in [0.5, 0.6) is 0 Å². The van der Waals surface area contributed by atoms with E-state index in [1.54, 1.807) is 22.9 Å². The van der Waals surface area contributed by atoms with Crippen LogP contribution < -0.4 is 10.9 Å². The molecule has 0 aliphatic rings. The minimum absolute atomic E-state index is 0.154. The number of hydrogen-bond donors (Lipinski definition) is 1. The van der Waals surface area contributed by atoms with Crippen molar-refractivity contribution in [3.8, 4) is 0 Å². The Morgan fingerprint density at radius 1 is 1.10 bits per heavy atom. The molecule has 0 aliphatic carbocycles. The van der Waals surface area contributed by atoms with E-state index in [0.717, 1.165) is 5.56 Å². The Morgan fingerprint density at radius 2 is 1.93 bits per heavy atom. The number of nitrogens with one attached hydrogen (secondary N) is 1. The van der Waals surface area contributed by atoms with Crippen LogP contribution >= 0.6 is 11.6 Å². The SMILES string of the molecule is O=C(NCCn1ncc2c(=O)n(Cc3cccc(Cl)c3)cnc21)c1ccccc1. The summed E-state index contributed by atoms with van der Waals surface area (Å²) >= 11 is 6.01. The van der Waals surface area contributed by atoms with Crippen molar-refractivity contribution in [3.05, 3.63) is 93.6 Å². The van der Waals surface area contributed by atoms with Crippen LogP contribution in [0, 0.1) is 0 Å². The van der Waals surface area contributed by atoms with Crippen molar-refractivity contribution in [1.82, 2.24) is 24.6 Å². The summed E-state index contributed by atoms with van der Waals surface area (Å²) in [4.78, 5) is 29.3. The van der Waals surface area contributed by atoms with Crippen molar-refractivity contribution in [1.29, 1.82) is 0 Å². The fourth-order valence-electron chi connectivity index (χ4n) is 3.07. The normalized spacial score (nSPS) is 10.9. The maximum Gasteiger partial charge on any atom is 0.264 e. The zero-order valence-electron chi connectivity index (χ0n) is 15.5. The monoisotopic (exact) mass is 407 g/mol. The Hall–Kier alpha value is -3.45. The molecule has 29 heavy (non-hydrogen) atoms. The van der Waals surface area contributed by atoms with Gasteiger partial charge in [-0.15, -0.1) is 0 Å². The summed E-state index contributed by atoms with van der Waals surface area (Å²) in [6.07, 6.45) is 3.02. The highest BCUT2D eigenvalue weighted by atomic mass is 35.5. The fraction of sp³-hybridized carbons (Fsp3) is 0.143. The highest BCUT2D eigenvalue weighted by Crippen LogP contribution is 2.12. The van der Waals surface area contributed by atoms with Gasteiger partial charge in [0.1, 0.15) is 11.7 Å². The number of aromatic nitrogens is 4. The molecule has 0 bridgehead atoms. The first-order valence-electron chi connectivity index (χ1n) is 9.10. The number of amides is 1. The van der Waals surface area contributed by atoms with Gasteiger partial charge in [0.15, 0.2) is 5.65 Å². The van der Waals surface area contributed by atoms with Crippen molar-refractivity contribution in [3.63, 3.8) is 0 Å². The Bertz CT molecular complexity index is 1220. The van der Waals surface area contributed by atoms with E-state index in [0.29, 0.717) is 41.3 Å². The molecule has 146 valence electrons. The zero-order valence-corrected chi connectivity index (χ0v) is 16.2. The van der Waals surface area contributed by atoms with E-state index < -0.39 is 0 Å². The van der Waals surface area contributed by atoms with Gasteiger partial charge in [0.05, 0.1) is 19.3 Å². The van der Waals surface area contributed by atoms with Gasteiger partial charge < -0.3 is 5.32 Å². The molecule has 0 saturated carbocycles. The molecule has 0 radical (unpaired) electrons. The minimum atomic E-state index is -0.172. The molecule has 0 saturated heterocycles. The van der Waals surface area contributed by atoms with Gasteiger partial charge in [-0.3, -0.25) is 14.2 Å². The lowest BCUT2D eigenvalue weighted by Gasteiger charge is -2.08. The van der Waals surface area contributed by atoms with Crippen LogP contribution in [0.15, 0.2) is 71.9 Å². The van der Waals surface area contributed by atoms with Gasteiger partial charge >= 0.3 is 0 Å². The van der Waals surface area contributed by atoms with Crippen molar-refractivity contribution < 1.29 is 4.79 Å². The average Bonchev–Trinajstić information content (AvgIpc) is 3.14. The molecule has 2 aromatic heterocycles. The summed E-state index contributed by atoms with van der Waals surface area (Å²) in [5, 5.41) is 8.15. The molecule has 2 heterocycles. The molecule has 0 spiro atoms. The first kappa shape index (κ1) is 18.9. The molecule has 8 heteroatoms. The quantitative estimate of drug-likeness (QED) is 0.532. The molecule has 0 fully saturated rings. The third-order valence-electron chi connectivity index (χ3n) is 4.51. The average molecular weight is 408 g/mol. The highest BCUT2D eigenvalue weighted by Gasteiger charge is 2.11. The molecule has 4 aromatic rings. The smallest absolute Gasteiger partial charge is 0.264 e. The number of carbonyl (C=O) groups is 1. The highest BCUT2D eigenvalue weighted by molar-refractivity contribution is 6.30. The minimum Gasteiger partial charge on any atom is -0.350 e. The molecule has 1 amide bonds. The Morgan fingerprint density at radius 3 is 2.72 bits per heavy atom. The largest absolute Gasteiger partial charge is 0.350 e. The molecule has 0 aliphatic heterocycles. The predicted octanol–water partition coefficient (Wildman–Crippen LogP) is 2.72. The summed E-state index contributed by atoms with van der Waals surface area (Å²) < 4.78 is 3.14. The molecule has 0 atom stereocenters. The van der Waals surface area contributed by atoms with Gasteiger partial charge in [-0.25, -0.2) is 9.67 Å². The first-order valence-corrected chi connectivity index (χ1v) is 9.48. The van der Waals surface area contributed by atoms with Crippen LogP contribution in [0.4, 0.5) is 0 Å².